The molecule has 0 saturated heterocycles. The van der Waals surface area contributed by atoms with E-state index in [4.69, 9.17) is 10.5 Å². The van der Waals surface area contributed by atoms with Gasteiger partial charge >= 0.3 is 5.97 Å². The third kappa shape index (κ3) is 3.80. The lowest BCUT2D eigenvalue weighted by Crippen LogP contribution is -2.41. The zero-order valence-electron chi connectivity index (χ0n) is 12.8. The van der Waals surface area contributed by atoms with E-state index in [2.05, 4.69) is 0 Å². The van der Waals surface area contributed by atoms with Gasteiger partial charge in [-0.05, 0) is 52.7 Å². The van der Waals surface area contributed by atoms with Crippen molar-refractivity contribution in [3.05, 3.63) is 35.4 Å². The quantitative estimate of drug-likeness (QED) is 0.851. The van der Waals surface area contributed by atoms with E-state index in [1.165, 1.54) is 0 Å². The molecule has 0 heterocycles. The van der Waals surface area contributed by atoms with Gasteiger partial charge in [0.25, 0.3) is 0 Å². The highest BCUT2D eigenvalue weighted by Gasteiger charge is 2.39. The van der Waals surface area contributed by atoms with Crippen molar-refractivity contribution in [2.75, 3.05) is 0 Å². The van der Waals surface area contributed by atoms with Gasteiger partial charge in [0.15, 0.2) is 0 Å². The minimum atomic E-state index is -0.764. The largest absolute Gasteiger partial charge is 0.460 e. The van der Waals surface area contributed by atoms with E-state index in [-0.39, 0.29) is 12.0 Å². The second-order valence-corrected chi connectivity index (χ2v) is 6.56. The molecule has 106 valence electrons. The molecular weight excluding hydrogens is 238 g/mol. The van der Waals surface area contributed by atoms with Gasteiger partial charge in [-0.1, -0.05) is 24.3 Å². The van der Waals surface area contributed by atoms with Crippen molar-refractivity contribution in [2.24, 2.45) is 11.1 Å². The number of carbonyl (C=O) groups excluding carboxylic acids is 1. The van der Waals surface area contributed by atoms with Crippen LogP contribution in [0.3, 0.4) is 0 Å². The normalized spacial score (nSPS) is 14.1. The fourth-order valence-electron chi connectivity index (χ4n) is 1.86. The van der Waals surface area contributed by atoms with Gasteiger partial charge in [0.1, 0.15) is 5.60 Å². The lowest BCUT2D eigenvalue weighted by atomic mass is 9.79. The van der Waals surface area contributed by atoms with Crippen LogP contribution in [0.5, 0.6) is 0 Å². The number of hydrogen-bond donors (Lipinski definition) is 1. The van der Waals surface area contributed by atoms with Crippen LogP contribution in [0.1, 0.15) is 51.8 Å². The molecule has 1 aromatic rings. The molecule has 3 nitrogen and oxygen atoms in total. The van der Waals surface area contributed by atoms with Gasteiger partial charge in [-0.15, -0.1) is 0 Å². The topological polar surface area (TPSA) is 52.3 Å². The van der Waals surface area contributed by atoms with Crippen LogP contribution < -0.4 is 5.73 Å². The minimum Gasteiger partial charge on any atom is -0.460 e. The summed E-state index contributed by atoms with van der Waals surface area (Å²) in [4.78, 5) is 12.3. The van der Waals surface area contributed by atoms with E-state index in [0.717, 1.165) is 11.1 Å². The Morgan fingerprint density at radius 2 is 1.68 bits per heavy atom. The summed E-state index contributed by atoms with van der Waals surface area (Å²) < 4.78 is 5.47. The summed E-state index contributed by atoms with van der Waals surface area (Å²) in [5.74, 6) is -0.268. The summed E-state index contributed by atoms with van der Waals surface area (Å²) in [6, 6.07) is 7.48. The van der Waals surface area contributed by atoms with Crippen molar-refractivity contribution in [3.63, 3.8) is 0 Å². The van der Waals surface area contributed by atoms with Crippen molar-refractivity contribution >= 4 is 5.97 Å². The van der Waals surface area contributed by atoms with Crippen LogP contribution >= 0.6 is 0 Å². The Labute approximate surface area is 116 Å². The van der Waals surface area contributed by atoms with Gasteiger partial charge in [0.2, 0.25) is 0 Å². The standard InChI is InChI=1S/C16H25NO2/c1-11-9-7-8-10-12(11)13(17)16(5,6)14(18)19-15(2,3)4/h7-10,13H,17H2,1-6H3/t13-/m0/s1. The molecule has 0 amide bonds. The number of aryl methyl sites for hydroxylation is 1. The highest BCUT2D eigenvalue weighted by molar-refractivity contribution is 5.77. The molecule has 1 aromatic carbocycles. The Bertz CT molecular complexity index is 458. The maximum Gasteiger partial charge on any atom is 0.313 e. The maximum atomic E-state index is 12.3. The Kier molecular flexibility index (Phi) is 4.41. The number of hydrogen-bond acceptors (Lipinski definition) is 3. The van der Waals surface area contributed by atoms with E-state index < -0.39 is 11.0 Å². The van der Waals surface area contributed by atoms with Gasteiger partial charge in [0, 0.05) is 6.04 Å². The van der Waals surface area contributed by atoms with Crippen LogP contribution in [-0.4, -0.2) is 11.6 Å². The molecule has 1 atom stereocenters. The zero-order chi connectivity index (χ0) is 14.8. The average Bonchev–Trinajstić information content (AvgIpc) is 2.26. The summed E-state index contributed by atoms with van der Waals surface area (Å²) in [7, 11) is 0. The molecule has 0 unspecified atom stereocenters. The SMILES string of the molecule is Cc1ccccc1[C@H](N)C(C)(C)C(=O)OC(C)(C)C. The first kappa shape index (κ1) is 15.7. The predicted octanol–water partition coefficient (Wildman–Crippen LogP) is 3.36. The van der Waals surface area contributed by atoms with Gasteiger partial charge in [0.05, 0.1) is 5.41 Å². The Morgan fingerprint density at radius 1 is 1.16 bits per heavy atom. The monoisotopic (exact) mass is 263 g/mol. The lowest BCUT2D eigenvalue weighted by molar-refractivity contribution is -0.167. The predicted molar refractivity (Wildman–Crippen MR) is 77.7 cm³/mol. The summed E-state index contributed by atoms with van der Waals surface area (Å²) in [5, 5.41) is 0. The molecule has 0 radical (unpaired) electrons. The zero-order valence-corrected chi connectivity index (χ0v) is 12.8. The molecule has 0 saturated carbocycles. The first-order valence-electron chi connectivity index (χ1n) is 6.60. The summed E-state index contributed by atoms with van der Waals surface area (Å²) in [6.45, 7) is 11.2. The van der Waals surface area contributed by atoms with Crippen LogP contribution in [0.2, 0.25) is 0 Å². The van der Waals surface area contributed by atoms with Gasteiger partial charge in [-0.25, -0.2) is 0 Å². The summed E-state index contributed by atoms with van der Waals surface area (Å²) in [5.41, 5.74) is 7.10. The van der Waals surface area contributed by atoms with Crippen molar-refractivity contribution in [2.45, 2.75) is 53.2 Å². The average molecular weight is 263 g/mol. The molecule has 3 heteroatoms. The molecule has 0 fully saturated rings. The highest BCUT2D eigenvalue weighted by atomic mass is 16.6. The molecule has 0 spiro atoms. The lowest BCUT2D eigenvalue weighted by Gasteiger charge is -2.33. The second-order valence-electron chi connectivity index (χ2n) is 6.56. The van der Waals surface area contributed by atoms with Gasteiger partial charge < -0.3 is 10.5 Å². The number of esters is 1. The van der Waals surface area contributed by atoms with Crippen molar-refractivity contribution < 1.29 is 9.53 Å². The molecule has 19 heavy (non-hydrogen) atoms. The summed E-state index contributed by atoms with van der Waals surface area (Å²) >= 11 is 0. The van der Waals surface area contributed by atoms with Gasteiger partial charge in [-0.2, -0.15) is 0 Å². The highest BCUT2D eigenvalue weighted by Crippen LogP contribution is 2.35. The Hall–Kier alpha value is -1.35. The minimum absolute atomic E-state index is 0.268. The number of benzene rings is 1. The summed E-state index contributed by atoms with van der Waals surface area (Å²) in [6.07, 6.45) is 0. The van der Waals surface area contributed by atoms with Crippen LogP contribution in [0.4, 0.5) is 0 Å². The van der Waals surface area contributed by atoms with E-state index in [9.17, 15) is 4.79 Å². The fraction of sp³-hybridized carbons (Fsp3) is 0.562. The molecule has 0 aliphatic carbocycles. The third-order valence-corrected chi connectivity index (χ3v) is 3.23. The fourth-order valence-corrected chi connectivity index (χ4v) is 1.86. The van der Waals surface area contributed by atoms with Gasteiger partial charge in [-0.3, -0.25) is 4.79 Å². The molecule has 1 rings (SSSR count). The molecule has 2 N–H and O–H groups in total. The Morgan fingerprint density at radius 3 is 2.16 bits per heavy atom. The van der Waals surface area contributed by atoms with Crippen molar-refractivity contribution in [1.29, 1.82) is 0 Å². The number of carbonyl (C=O) groups is 1. The second kappa shape index (κ2) is 5.33. The Balaban J connectivity index is 3.00. The smallest absolute Gasteiger partial charge is 0.313 e. The molecule has 0 aliphatic heterocycles. The van der Waals surface area contributed by atoms with E-state index in [0.29, 0.717) is 0 Å². The maximum absolute atomic E-state index is 12.3. The number of nitrogens with two attached hydrogens (primary N) is 1. The molecule has 0 aliphatic rings. The van der Waals surface area contributed by atoms with Crippen molar-refractivity contribution in [1.82, 2.24) is 0 Å². The molecule has 0 aromatic heterocycles. The molecule has 0 bridgehead atoms. The van der Waals surface area contributed by atoms with Crippen LogP contribution in [0.15, 0.2) is 24.3 Å². The number of rotatable bonds is 3. The molecular formula is C16H25NO2. The first-order valence-corrected chi connectivity index (χ1v) is 6.60. The van der Waals surface area contributed by atoms with E-state index >= 15 is 0 Å². The van der Waals surface area contributed by atoms with E-state index in [1.807, 2.05) is 65.8 Å². The van der Waals surface area contributed by atoms with E-state index in [1.54, 1.807) is 0 Å². The van der Waals surface area contributed by atoms with Crippen LogP contribution in [-0.2, 0) is 9.53 Å². The number of ether oxygens (including phenoxy) is 1. The van der Waals surface area contributed by atoms with Crippen molar-refractivity contribution in [3.8, 4) is 0 Å². The first-order chi connectivity index (χ1) is 8.55. The third-order valence-electron chi connectivity index (χ3n) is 3.23. The van der Waals surface area contributed by atoms with Crippen LogP contribution in [0.25, 0.3) is 0 Å². The van der Waals surface area contributed by atoms with Crippen LogP contribution in [0, 0.1) is 12.3 Å².